The lowest BCUT2D eigenvalue weighted by molar-refractivity contribution is 0.0732. The minimum absolute atomic E-state index is 0. The standard InChI is InChI=1S/C21H35N3O2.HI/c1-5-22-20(24-16-21(10-7-11-21)12-13-25-4)23-15-18-8-6-9-19(14-18)26-17(2)3;/h6,8-9,14,17H,5,7,10-13,15-16H2,1-4H3,(H2,22,23,24);1H. The number of ether oxygens (including phenoxy) is 2. The summed E-state index contributed by atoms with van der Waals surface area (Å²) in [6.07, 6.45) is 5.17. The molecule has 154 valence electrons. The van der Waals surface area contributed by atoms with Crippen molar-refractivity contribution in [3.05, 3.63) is 29.8 Å². The second kappa shape index (κ2) is 12.4. The van der Waals surface area contributed by atoms with Crippen molar-refractivity contribution in [1.82, 2.24) is 10.6 Å². The second-order valence-electron chi connectivity index (χ2n) is 7.46. The number of guanidine groups is 1. The Balaban J connectivity index is 0.00000364. The number of nitrogens with zero attached hydrogens (tertiary/aromatic N) is 1. The Morgan fingerprint density at radius 3 is 2.63 bits per heavy atom. The molecule has 1 fully saturated rings. The van der Waals surface area contributed by atoms with Gasteiger partial charge in [-0.05, 0) is 63.1 Å². The normalized spacial score (nSPS) is 15.7. The summed E-state index contributed by atoms with van der Waals surface area (Å²) in [5.74, 6) is 1.78. The van der Waals surface area contributed by atoms with Gasteiger partial charge >= 0.3 is 0 Å². The Morgan fingerprint density at radius 1 is 1.26 bits per heavy atom. The lowest BCUT2D eigenvalue weighted by atomic mass is 9.67. The molecule has 0 aromatic heterocycles. The molecule has 2 N–H and O–H groups in total. The molecule has 1 aliphatic rings. The van der Waals surface area contributed by atoms with E-state index in [0.29, 0.717) is 12.0 Å². The number of benzene rings is 1. The first kappa shape index (κ1) is 24.0. The number of methoxy groups -OCH3 is 1. The van der Waals surface area contributed by atoms with Gasteiger partial charge in [-0.25, -0.2) is 4.99 Å². The van der Waals surface area contributed by atoms with Crippen LogP contribution in [0, 0.1) is 5.41 Å². The fraction of sp³-hybridized carbons (Fsp3) is 0.667. The molecule has 1 saturated carbocycles. The van der Waals surface area contributed by atoms with Crippen LogP contribution in [0.2, 0.25) is 0 Å². The Morgan fingerprint density at radius 2 is 2.04 bits per heavy atom. The smallest absolute Gasteiger partial charge is 0.191 e. The quantitative estimate of drug-likeness (QED) is 0.292. The average Bonchev–Trinajstić information content (AvgIpc) is 2.58. The van der Waals surface area contributed by atoms with Gasteiger partial charge in [0.05, 0.1) is 12.6 Å². The molecule has 0 atom stereocenters. The molecule has 0 saturated heterocycles. The van der Waals surface area contributed by atoms with Gasteiger partial charge in [-0.3, -0.25) is 0 Å². The summed E-state index contributed by atoms with van der Waals surface area (Å²) in [5.41, 5.74) is 1.52. The zero-order chi connectivity index (χ0) is 18.8. The maximum absolute atomic E-state index is 5.77. The predicted octanol–water partition coefficient (Wildman–Crippen LogP) is 4.35. The molecule has 0 bridgehead atoms. The van der Waals surface area contributed by atoms with Crippen molar-refractivity contribution in [2.45, 2.75) is 59.1 Å². The molecule has 0 aliphatic heterocycles. The zero-order valence-corrected chi connectivity index (χ0v) is 19.5. The van der Waals surface area contributed by atoms with Crippen LogP contribution in [0.3, 0.4) is 0 Å². The topological polar surface area (TPSA) is 54.9 Å². The van der Waals surface area contributed by atoms with Crippen LogP contribution >= 0.6 is 24.0 Å². The summed E-state index contributed by atoms with van der Waals surface area (Å²) in [6, 6.07) is 8.18. The van der Waals surface area contributed by atoms with Crippen molar-refractivity contribution in [2.75, 3.05) is 26.8 Å². The highest BCUT2D eigenvalue weighted by molar-refractivity contribution is 14.0. The van der Waals surface area contributed by atoms with E-state index in [2.05, 4.69) is 29.7 Å². The summed E-state index contributed by atoms with van der Waals surface area (Å²) in [7, 11) is 1.78. The van der Waals surface area contributed by atoms with Crippen LogP contribution in [0.1, 0.15) is 52.0 Å². The van der Waals surface area contributed by atoms with E-state index in [9.17, 15) is 0 Å². The van der Waals surface area contributed by atoms with Gasteiger partial charge in [0.1, 0.15) is 5.75 Å². The fourth-order valence-corrected chi connectivity index (χ4v) is 3.28. The fourth-order valence-electron chi connectivity index (χ4n) is 3.28. The Labute approximate surface area is 181 Å². The first-order chi connectivity index (χ1) is 12.6. The largest absolute Gasteiger partial charge is 0.491 e. The van der Waals surface area contributed by atoms with Crippen molar-refractivity contribution in [1.29, 1.82) is 0 Å². The number of hydrogen-bond donors (Lipinski definition) is 2. The average molecular weight is 489 g/mol. The number of nitrogens with one attached hydrogen (secondary N) is 2. The van der Waals surface area contributed by atoms with E-state index in [0.717, 1.165) is 43.4 Å². The number of halogens is 1. The van der Waals surface area contributed by atoms with Crippen LogP contribution in [-0.4, -0.2) is 38.9 Å². The summed E-state index contributed by atoms with van der Waals surface area (Å²) >= 11 is 0. The molecule has 1 aliphatic carbocycles. The van der Waals surface area contributed by atoms with Gasteiger partial charge in [-0.2, -0.15) is 0 Å². The number of hydrogen-bond acceptors (Lipinski definition) is 3. The van der Waals surface area contributed by atoms with Crippen LogP contribution in [0.15, 0.2) is 29.3 Å². The van der Waals surface area contributed by atoms with Gasteiger partial charge in [-0.1, -0.05) is 18.6 Å². The first-order valence-electron chi connectivity index (χ1n) is 9.83. The van der Waals surface area contributed by atoms with Gasteiger partial charge in [0.15, 0.2) is 5.96 Å². The predicted molar refractivity (Wildman–Crippen MR) is 123 cm³/mol. The summed E-state index contributed by atoms with van der Waals surface area (Å²) < 4.78 is 11.1. The second-order valence-corrected chi connectivity index (χ2v) is 7.46. The molecule has 0 amide bonds. The molecule has 1 aromatic carbocycles. The Hall–Kier alpha value is -1.02. The van der Waals surface area contributed by atoms with Crippen molar-refractivity contribution in [2.24, 2.45) is 10.4 Å². The van der Waals surface area contributed by atoms with Crippen molar-refractivity contribution in [3.63, 3.8) is 0 Å². The lowest BCUT2D eigenvalue weighted by Gasteiger charge is -2.42. The van der Waals surface area contributed by atoms with E-state index < -0.39 is 0 Å². The Kier molecular flexibility index (Phi) is 11.1. The molecule has 6 heteroatoms. The highest BCUT2D eigenvalue weighted by Gasteiger charge is 2.36. The summed E-state index contributed by atoms with van der Waals surface area (Å²) in [6.45, 7) is 9.45. The third-order valence-electron chi connectivity index (χ3n) is 4.92. The highest BCUT2D eigenvalue weighted by Crippen LogP contribution is 2.43. The van der Waals surface area contributed by atoms with E-state index in [-0.39, 0.29) is 30.1 Å². The SMILES string of the molecule is CCNC(=NCc1cccc(OC(C)C)c1)NCC1(CCOC)CCC1.I. The van der Waals surface area contributed by atoms with Crippen LogP contribution in [0.4, 0.5) is 0 Å². The van der Waals surface area contributed by atoms with Crippen LogP contribution < -0.4 is 15.4 Å². The molecule has 5 nitrogen and oxygen atoms in total. The van der Waals surface area contributed by atoms with E-state index in [1.54, 1.807) is 7.11 Å². The number of rotatable bonds is 10. The molecule has 0 radical (unpaired) electrons. The molecule has 0 spiro atoms. The molecular formula is C21H36IN3O2. The highest BCUT2D eigenvalue weighted by atomic mass is 127. The van der Waals surface area contributed by atoms with E-state index in [1.807, 2.05) is 26.0 Å². The van der Waals surface area contributed by atoms with Gasteiger partial charge in [0.2, 0.25) is 0 Å². The maximum Gasteiger partial charge on any atom is 0.191 e. The van der Waals surface area contributed by atoms with Gasteiger partial charge in [-0.15, -0.1) is 24.0 Å². The zero-order valence-electron chi connectivity index (χ0n) is 17.2. The monoisotopic (exact) mass is 489 g/mol. The van der Waals surface area contributed by atoms with E-state index >= 15 is 0 Å². The summed E-state index contributed by atoms with van der Waals surface area (Å²) in [4.78, 5) is 4.75. The molecular weight excluding hydrogens is 453 g/mol. The molecule has 0 heterocycles. The first-order valence-corrected chi connectivity index (χ1v) is 9.83. The van der Waals surface area contributed by atoms with Crippen LogP contribution in [0.5, 0.6) is 5.75 Å². The van der Waals surface area contributed by atoms with Crippen LogP contribution in [0.25, 0.3) is 0 Å². The molecule has 2 rings (SSSR count). The number of aliphatic imine (C=N–C) groups is 1. The molecule has 27 heavy (non-hydrogen) atoms. The van der Waals surface area contributed by atoms with Crippen molar-refractivity contribution < 1.29 is 9.47 Å². The third kappa shape index (κ3) is 8.25. The van der Waals surface area contributed by atoms with Crippen molar-refractivity contribution >= 4 is 29.9 Å². The minimum atomic E-state index is 0. The maximum atomic E-state index is 5.77. The van der Waals surface area contributed by atoms with Gasteiger partial charge in [0, 0.05) is 26.8 Å². The van der Waals surface area contributed by atoms with Crippen molar-refractivity contribution in [3.8, 4) is 5.75 Å². The molecule has 1 aromatic rings. The minimum Gasteiger partial charge on any atom is -0.491 e. The van der Waals surface area contributed by atoms with Gasteiger partial charge in [0.25, 0.3) is 0 Å². The summed E-state index contributed by atoms with van der Waals surface area (Å²) in [5, 5.41) is 6.89. The Bertz CT molecular complexity index is 574. The third-order valence-corrected chi connectivity index (χ3v) is 4.92. The van der Waals surface area contributed by atoms with Gasteiger partial charge < -0.3 is 20.1 Å². The van der Waals surface area contributed by atoms with E-state index in [4.69, 9.17) is 14.5 Å². The van der Waals surface area contributed by atoms with Crippen LogP contribution in [-0.2, 0) is 11.3 Å². The van der Waals surface area contributed by atoms with E-state index in [1.165, 1.54) is 19.3 Å². The lowest BCUT2D eigenvalue weighted by Crippen LogP contribution is -2.46. The molecule has 0 unspecified atom stereocenters.